The van der Waals surface area contributed by atoms with E-state index in [2.05, 4.69) is 36.5 Å². The van der Waals surface area contributed by atoms with E-state index in [4.69, 9.17) is 4.74 Å². The Morgan fingerprint density at radius 3 is 2.33 bits per heavy atom. The number of hydrogen-bond acceptors (Lipinski definition) is 2. The summed E-state index contributed by atoms with van der Waals surface area (Å²) in [6.45, 7) is 4.82. The molecular weight excluding hydrogens is 265 g/mol. The maximum absolute atomic E-state index is 14.0. The van der Waals surface area contributed by atoms with Crippen molar-refractivity contribution in [2.24, 2.45) is 0 Å². The lowest BCUT2D eigenvalue weighted by atomic mass is 10.1. The van der Waals surface area contributed by atoms with Gasteiger partial charge in [-0.3, -0.25) is 0 Å². The molecule has 2 aromatic carbocycles. The van der Waals surface area contributed by atoms with Gasteiger partial charge in [0.15, 0.2) is 0 Å². The second kappa shape index (κ2) is 7.23. The molecule has 3 heteroatoms. The Kier molecular flexibility index (Phi) is 5.34. The zero-order valence-corrected chi connectivity index (χ0v) is 12.8. The molecule has 2 aromatic rings. The lowest BCUT2D eigenvalue weighted by Gasteiger charge is -2.16. The molecule has 0 aliphatic carbocycles. The summed E-state index contributed by atoms with van der Waals surface area (Å²) in [7, 11) is 1.54. The predicted octanol–water partition coefficient (Wildman–Crippen LogP) is 4.25. The number of hydrogen-bond donors (Lipinski definition) is 1. The minimum absolute atomic E-state index is 0.0539. The third-order valence-corrected chi connectivity index (χ3v) is 3.72. The van der Waals surface area contributed by atoms with Crippen LogP contribution in [0.1, 0.15) is 36.6 Å². The summed E-state index contributed by atoms with van der Waals surface area (Å²) < 4.78 is 19.0. The molecule has 0 saturated carbocycles. The molecule has 112 valence electrons. The monoisotopic (exact) mass is 287 g/mol. The Bertz CT molecular complexity index is 580. The molecule has 1 N–H and O–H groups in total. The standard InChI is InChI=1S/C18H22FNO/c1-4-14-5-7-15(8-6-14)12-20-13(2)17-10-9-16(21-3)11-18(17)19/h5-11,13,20H,4,12H2,1-3H3. The minimum atomic E-state index is -0.240. The lowest BCUT2D eigenvalue weighted by Crippen LogP contribution is -2.19. The van der Waals surface area contributed by atoms with E-state index in [9.17, 15) is 4.39 Å². The number of aryl methyl sites for hydroxylation is 1. The smallest absolute Gasteiger partial charge is 0.131 e. The topological polar surface area (TPSA) is 21.3 Å². The Hall–Kier alpha value is -1.87. The third-order valence-electron chi connectivity index (χ3n) is 3.72. The summed E-state index contributed by atoms with van der Waals surface area (Å²) in [4.78, 5) is 0. The lowest BCUT2D eigenvalue weighted by molar-refractivity contribution is 0.409. The zero-order valence-electron chi connectivity index (χ0n) is 12.8. The second-order valence-electron chi connectivity index (χ2n) is 5.16. The molecular formula is C18H22FNO. The van der Waals surface area contributed by atoms with Gasteiger partial charge in [-0.2, -0.15) is 0 Å². The van der Waals surface area contributed by atoms with Crippen LogP contribution in [0.15, 0.2) is 42.5 Å². The van der Waals surface area contributed by atoms with E-state index >= 15 is 0 Å². The minimum Gasteiger partial charge on any atom is -0.497 e. The van der Waals surface area contributed by atoms with Crippen LogP contribution >= 0.6 is 0 Å². The molecule has 0 fully saturated rings. The van der Waals surface area contributed by atoms with Crippen LogP contribution in [0.2, 0.25) is 0 Å². The van der Waals surface area contributed by atoms with Crippen LogP contribution in [-0.4, -0.2) is 7.11 Å². The van der Waals surface area contributed by atoms with Crippen molar-refractivity contribution >= 4 is 0 Å². The second-order valence-corrected chi connectivity index (χ2v) is 5.16. The first-order valence-corrected chi connectivity index (χ1v) is 7.28. The third kappa shape index (κ3) is 4.05. The normalized spacial score (nSPS) is 12.2. The fourth-order valence-corrected chi connectivity index (χ4v) is 2.26. The van der Waals surface area contributed by atoms with Crippen molar-refractivity contribution < 1.29 is 9.13 Å². The SMILES string of the molecule is CCc1ccc(CNC(C)c2ccc(OC)cc2F)cc1. The molecule has 0 saturated heterocycles. The average Bonchev–Trinajstić information content (AvgIpc) is 2.52. The fourth-order valence-electron chi connectivity index (χ4n) is 2.26. The maximum atomic E-state index is 14.0. The molecule has 0 heterocycles. The predicted molar refractivity (Wildman–Crippen MR) is 84.0 cm³/mol. The number of methoxy groups -OCH3 is 1. The highest BCUT2D eigenvalue weighted by Gasteiger charge is 2.11. The largest absolute Gasteiger partial charge is 0.497 e. The van der Waals surface area contributed by atoms with Gasteiger partial charge in [-0.15, -0.1) is 0 Å². The molecule has 2 rings (SSSR count). The first-order chi connectivity index (χ1) is 10.1. The van der Waals surface area contributed by atoms with Crippen LogP contribution in [0.25, 0.3) is 0 Å². The molecule has 0 radical (unpaired) electrons. The van der Waals surface area contributed by atoms with Gasteiger partial charge < -0.3 is 10.1 Å². The van der Waals surface area contributed by atoms with E-state index in [0.717, 1.165) is 13.0 Å². The summed E-state index contributed by atoms with van der Waals surface area (Å²) in [5.41, 5.74) is 3.18. The Morgan fingerprint density at radius 2 is 1.76 bits per heavy atom. The number of nitrogens with one attached hydrogen (secondary N) is 1. The number of halogens is 1. The van der Waals surface area contributed by atoms with Gasteiger partial charge in [0.05, 0.1) is 7.11 Å². The highest BCUT2D eigenvalue weighted by atomic mass is 19.1. The number of rotatable bonds is 6. The summed E-state index contributed by atoms with van der Waals surface area (Å²) >= 11 is 0. The molecule has 0 bridgehead atoms. The van der Waals surface area contributed by atoms with Crippen LogP contribution in [0, 0.1) is 5.82 Å². The van der Waals surface area contributed by atoms with Crippen LogP contribution in [-0.2, 0) is 13.0 Å². The summed E-state index contributed by atoms with van der Waals surface area (Å²) in [6, 6.07) is 13.4. The van der Waals surface area contributed by atoms with Crippen molar-refractivity contribution in [2.45, 2.75) is 32.9 Å². The van der Waals surface area contributed by atoms with Gasteiger partial charge in [0.25, 0.3) is 0 Å². The van der Waals surface area contributed by atoms with E-state index in [1.807, 2.05) is 6.92 Å². The van der Waals surface area contributed by atoms with Crippen molar-refractivity contribution in [3.63, 3.8) is 0 Å². The summed E-state index contributed by atoms with van der Waals surface area (Å²) in [5.74, 6) is 0.300. The van der Waals surface area contributed by atoms with Crippen LogP contribution in [0.5, 0.6) is 5.75 Å². The quantitative estimate of drug-likeness (QED) is 0.857. The molecule has 0 spiro atoms. The number of benzene rings is 2. The first kappa shape index (κ1) is 15.5. The van der Waals surface area contributed by atoms with Crippen LogP contribution in [0.4, 0.5) is 4.39 Å². The van der Waals surface area contributed by atoms with Crippen molar-refractivity contribution in [3.05, 3.63) is 65.0 Å². The molecule has 0 aliphatic rings. The van der Waals surface area contributed by atoms with Crippen LogP contribution in [0.3, 0.4) is 0 Å². The fraction of sp³-hybridized carbons (Fsp3) is 0.333. The molecule has 0 amide bonds. The van der Waals surface area contributed by atoms with Crippen molar-refractivity contribution in [1.82, 2.24) is 5.32 Å². The Balaban J connectivity index is 1.99. The maximum Gasteiger partial charge on any atom is 0.131 e. The van der Waals surface area contributed by atoms with Crippen molar-refractivity contribution in [1.29, 1.82) is 0 Å². The number of ether oxygens (including phenoxy) is 1. The van der Waals surface area contributed by atoms with E-state index in [0.29, 0.717) is 11.3 Å². The van der Waals surface area contributed by atoms with Crippen LogP contribution < -0.4 is 10.1 Å². The zero-order chi connectivity index (χ0) is 15.2. The van der Waals surface area contributed by atoms with Gasteiger partial charge >= 0.3 is 0 Å². The molecule has 1 atom stereocenters. The average molecular weight is 287 g/mol. The van der Waals surface area contributed by atoms with Gasteiger partial charge in [0, 0.05) is 24.2 Å². The van der Waals surface area contributed by atoms with Crippen molar-refractivity contribution in [2.75, 3.05) is 7.11 Å². The molecule has 0 aromatic heterocycles. The van der Waals surface area contributed by atoms with Crippen molar-refractivity contribution in [3.8, 4) is 5.75 Å². The summed E-state index contributed by atoms with van der Waals surface area (Å²) in [6.07, 6.45) is 1.04. The first-order valence-electron chi connectivity index (χ1n) is 7.28. The van der Waals surface area contributed by atoms with E-state index < -0.39 is 0 Å². The van der Waals surface area contributed by atoms with Gasteiger partial charge in [-0.25, -0.2) is 4.39 Å². The highest BCUT2D eigenvalue weighted by molar-refractivity contribution is 5.30. The van der Waals surface area contributed by atoms with E-state index in [1.165, 1.54) is 24.3 Å². The van der Waals surface area contributed by atoms with Gasteiger partial charge in [-0.05, 0) is 30.5 Å². The molecule has 1 unspecified atom stereocenters. The van der Waals surface area contributed by atoms with E-state index in [1.54, 1.807) is 12.1 Å². The molecule has 2 nitrogen and oxygen atoms in total. The Labute approximate surface area is 126 Å². The van der Waals surface area contributed by atoms with E-state index in [-0.39, 0.29) is 11.9 Å². The molecule has 21 heavy (non-hydrogen) atoms. The van der Waals surface area contributed by atoms with Gasteiger partial charge in [0.2, 0.25) is 0 Å². The molecule has 0 aliphatic heterocycles. The summed E-state index contributed by atoms with van der Waals surface area (Å²) in [5, 5.41) is 3.35. The van der Waals surface area contributed by atoms with Gasteiger partial charge in [-0.1, -0.05) is 37.3 Å². The van der Waals surface area contributed by atoms with Gasteiger partial charge in [0.1, 0.15) is 11.6 Å². The highest BCUT2D eigenvalue weighted by Crippen LogP contribution is 2.22. The Morgan fingerprint density at radius 1 is 1.10 bits per heavy atom.